The van der Waals surface area contributed by atoms with Gasteiger partial charge in [-0.1, -0.05) is 24.4 Å². The van der Waals surface area contributed by atoms with Crippen molar-refractivity contribution in [3.05, 3.63) is 16.9 Å². The molecule has 1 aromatic rings. The minimum atomic E-state index is -0.191. The molecule has 0 aromatic carbocycles. The fourth-order valence-electron chi connectivity index (χ4n) is 4.07. The Kier molecular flexibility index (Phi) is 7.10. The molecule has 2 heterocycles. The number of amides is 2. The summed E-state index contributed by atoms with van der Waals surface area (Å²) in [6.07, 6.45) is 6.98. The highest BCUT2D eigenvalue weighted by Gasteiger charge is 2.29. The molecule has 0 unspecified atom stereocenters. The second-order valence-electron chi connectivity index (χ2n) is 7.57. The van der Waals surface area contributed by atoms with E-state index in [4.69, 9.17) is 11.6 Å². The zero-order valence-corrected chi connectivity index (χ0v) is 17.6. The molecule has 28 heavy (non-hydrogen) atoms. The average Bonchev–Trinajstić information content (AvgIpc) is 3.22. The predicted molar refractivity (Wildman–Crippen MR) is 110 cm³/mol. The molecule has 3 rings (SSSR count). The van der Waals surface area contributed by atoms with Crippen LogP contribution in [0, 0.1) is 5.92 Å². The van der Waals surface area contributed by atoms with Crippen molar-refractivity contribution in [1.82, 2.24) is 19.8 Å². The minimum absolute atomic E-state index is 0.191. The van der Waals surface area contributed by atoms with Crippen molar-refractivity contribution >= 4 is 29.4 Å². The Hall–Kier alpha value is -1.89. The highest BCUT2D eigenvalue weighted by molar-refractivity contribution is 6.33. The van der Waals surface area contributed by atoms with Gasteiger partial charge in [-0.3, -0.25) is 9.59 Å². The fourth-order valence-corrected chi connectivity index (χ4v) is 4.24. The molecule has 0 spiro atoms. The van der Waals surface area contributed by atoms with Crippen molar-refractivity contribution in [2.24, 2.45) is 5.92 Å². The monoisotopic (exact) mass is 407 g/mol. The van der Waals surface area contributed by atoms with Gasteiger partial charge < -0.3 is 14.7 Å². The predicted octanol–water partition coefficient (Wildman–Crippen LogP) is 2.84. The summed E-state index contributed by atoms with van der Waals surface area (Å²) in [5.74, 6) is 1.10. The molecule has 1 saturated carbocycles. The Morgan fingerprint density at radius 3 is 2.32 bits per heavy atom. The summed E-state index contributed by atoms with van der Waals surface area (Å²) >= 11 is 6.22. The van der Waals surface area contributed by atoms with Gasteiger partial charge in [0.25, 0.3) is 5.91 Å². The molecule has 2 fully saturated rings. The van der Waals surface area contributed by atoms with Crippen LogP contribution in [0.15, 0.2) is 6.20 Å². The van der Waals surface area contributed by atoms with Crippen LogP contribution in [0.4, 0.5) is 5.95 Å². The van der Waals surface area contributed by atoms with E-state index in [-0.39, 0.29) is 22.5 Å². The SMILES string of the molecule is CCN(CC)c1ncc(Cl)c(C(=O)N2CCN(C(=O)CC3CCCC3)CC2)n1. The third kappa shape index (κ3) is 4.74. The smallest absolute Gasteiger partial charge is 0.274 e. The van der Waals surface area contributed by atoms with E-state index in [0.29, 0.717) is 44.5 Å². The zero-order valence-electron chi connectivity index (χ0n) is 16.9. The van der Waals surface area contributed by atoms with Crippen LogP contribution in [-0.4, -0.2) is 70.9 Å². The quantitative estimate of drug-likeness (QED) is 0.725. The number of hydrogen-bond donors (Lipinski definition) is 0. The van der Waals surface area contributed by atoms with E-state index in [1.807, 2.05) is 23.6 Å². The lowest BCUT2D eigenvalue weighted by Gasteiger charge is -2.35. The summed E-state index contributed by atoms with van der Waals surface area (Å²) in [6.45, 7) is 7.72. The molecule has 0 radical (unpaired) electrons. The van der Waals surface area contributed by atoms with E-state index < -0.39 is 0 Å². The summed E-state index contributed by atoms with van der Waals surface area (Å²) in [5, 5.41) is 0.264. The van der Waals surface area contributed by atoms with Crippen molar-refractivity contribution in [1.29, 1.82) is 0 Å². The molecule has 1 aliphatic heterocycles. The van der Waals surface area contributed by atoms with Gasteiger partial charge in [0, 0.05) is 45.7 Å². The maximum atomic E-state index is 13.0. The van der Waals surface area contributed by atoms with Crippen molar-refractivity contribution in [3.63, 3.8) is 0 Å². The Morgan fingerprint density at radius 1 is 1.11 bits per heavy atom. The number of piperazine rings is 1. The maximum absolute atomic E-state index is 13.0. The van der Waals surface area contributed by atoms with Crippen molar-refractivity contribution < 1.29 is 9.59 Å². The lowest BCUT2D eigenvalue weighted by atomic mass is 10.0. The normalized spacial score (nSPS) is 17.8. The first-order chi connectivity index (χ1) is 13.5. The number of anilines is 1. The van der Waals surface area contributed by atoms with Crippen LogP contribution in [-0.2, 0) is 4.79 Å². The molecular weight excluding hydrogens is 378 g/mol. The standard InChI is InChI=1S/C20H30ClN5O2/c1-3-24(4-2)20-22-14-16(21)18(23-20)19(28)26-11-9-25(10-12-26)17(27)13-15-7-5-6-8-15/h14-15H,3-13H2,1-2H3. The fraction of sp³-hybridized carbons (Fsp3) is 0.700. The Balaban J connectivity index is 1.60. The topological polar surface area (TPSA) is 69.6 Å². The Labute approximate surface area is 172 Å². The lowest BCUT2D eigenvalue weighted by Crippen LogP contribution is -2.51. The number of carbonyl (C=O) groups is 2. The Morgan fingerprint density at radius 2 is 1.71 bits per heavy atom. The Bertz CT molecular complexity index is 696. The number of aromatic nitrogens is 2. The van der Waals surface area contributed by atoms with Gasteiger partial charge in [0.1, 0.15) is 0 Å². The van der Waals surface area contributed by atoms with E-state index >= 15 is 0 Å². The van der Waals surface area contributed by atoms with Crippen LogP contribution >= 0.6 is 11.6 Å². The van der Waals surface area contributed by atoms with Crippen LogP contribution in [0.3, 0.4) is 0 Å². The largest absolute Gasteiger partial charge is 0.341 e. The molecular formula is C20H30ClN5O2. The second-order valence-corrected chi connectivity index (χ2v) is 7.97. The molecule has 2 amide bonds. The van der Waals surface area contributed by atoms with Gasteiger partial charge in [0.15, 0.2) is 5.69 Å². The van der Waals surface area contributed by atoms with E-state index in [2.05, 4.69) is 9.97 Å². The summed E-state index contributed by atoms with van der Waals surface area (Å²) in [6, 6.07) is 0. The molecule has 1 aliphatic carbocycles. The first kappa shape index (κ1) is 20.8. The highest BCUT2D eigenvalue weighted by atomic mass is 35.5. The molecule has 0 bridgehead atoms. The number of halogens is 1. The van der Waals surface area contributed by atoms with Gasteiger partial charge >= 0.3 is 0 Å². The second kappa shape index (κ2) is 9.54. The number of carbonyl (C=O) groups excluding carboxylic acids is 2. The summed E-state index contributed by atoms with van der Waals surface area (Å²) in [5.41, 5.74) is 0.240. The van der Waals surface area contributed by atoms with Gasteiger partial charge in [-0.15, -0.1) is 0 Å². The molecule has 1 aromatic heterocycles. The van der Waals surface area contributed by atoms with Crippen LogP contribution in [0.2, 0.25) is 5.02 Å². The van der Waals surface area contributed by atoms with Gasteiger partial charge in [-0.05, 0) is 32.6 Å². The van der Waals surface area contributed by atoms with Crippen molar-refractivity contribution in [3.8, 4) is 0 Å². The van der Waals surface area contributed by atoms with E-state index in [0.717, 1.165) is 13.1 Å². The van der Waals surface area contributed by atoms with E-state index in [1.165, 1.54) is 31.9 Å². The van der Waals surface area contributed by atoms with E-state index in [9.17, 15) is 9.59 Å². The molecule has 8 heteroatoms. The van der Waals surface area contributed by atoms with Gasteiger partial charge in [0.05, 0.1) is 11.2 Å². The van der Waals surface area contributed by atoms with Crippen LogP contribution < -0.4 is 4.90 Å². The first-order valence-corrected chi connectivity index (χ1v) is 10.8. The van der Waals surface area contributed by atoms with Gasteiger partial charge in [-0.25, -0.2) is 9.97 Å². The number of hydrogen-bond acceptors (Lipinski definition) is 5. The van der Waals surface area contributed by atoms with Crippen molar-refractivity contribution in [2.45, 2.75) is 46.0 Å². The minimum Gasteiger partial charge on any atom is -0.341 e. The van der Waals surface area contributed by atoms with Crippen LogP contribution in [0.1, 0.15) is 56.4 Å². The number of rotatable bonds is 6. The summed E-state index contributed by atoms with van der Waals surface area (Å²) < 4.78 is 0. The molecule has 1 saturated heterocycles. The number of nitrogens with zero attached hydrogens (tertiary/aromatic N) is 5. The van der Waals surface area contributed by atoms with Crippen LogP contribution in [0.25, 0.3) is 0 Å². The maximum Gasteiger partial charge on any atom is 0.274 e. The molecule has 7 nitrogen and oxygen atoms in total. The zero-order chi connectivity index (χ0) is 20.1. The molecule has 0 atom stereocenters. The average molecular weight is 408 g/mol. The van der Waals surface area contributed by atoms with Gasteiger partial charge in [0.2, 0.25) is 11.9 Å². The first-order valence-electron chi connectivity index (χ1n) is 10.4. The van der Waals surface area contributed by atoms with E-state index in [1.54, 1.807) is 4.90 Å². The molecule has 0 N–H and O–H groups in total. The third-order valence-corrected chi connectivity index (χ3v) is 6.11. The lowest BCUT2D eigenvalue weighted by molar-refractivity contribution is -0.133. The molecule has 2 aliphatic rings. The highest BCUT2D eigenvalue weighted by Crippen LogP contribution is 2.28. The van der Waals surface area contributed by atoms with Gasteiger partial charge in [-0.2, -0.15) is 0 Å². The summed E-state index contributed by atoms with van der Waals surface area (Å²) in [7, 11) is 0. The van der Waals surface area contributed by atoms with Crippen molar-refractivity contribution in [2.75, 3.05) is 44.2 Å². The third-order valence-electron chi connectivity index (χ3n) is 5.84. The van der Waals surface area contributed by atoms with Crippen LogP contribution in [0.5, 0.6) is 0 Å². The summed E-state index contributed by atoms with van der Waals surface area (Å²) in [4.78, 5) is 39.8. The molecule has 154 valence electrons.